The molecule has 1 aromatic rings. The molecule has 1 aliphatic carbocycles. The highest BCUT2D eigenvalue weighted by molar-refractivity contribution is 5.34. The second kappa shape index (κ2) is 3.62. The molecule has 2 rings (SSSR count). The Morgan fingerprint density at radius 1 is 1.40 bits per heavy atom. The lowest BCUT2D eigenvalue weighted by Gasteiger charge is -2.32. The van der Waals surface area contributed by atoms with Crippen LogP contribution in [-0.4, -0.2) is 4.98 Å². The van der Waals surface area contributed by atoms with E-state index in [0.717, 1.165) is 5.92 Å². The fourth-order valence-electron chi connectivity index (χ4n) is 2.97. The quantitative estimate of drug-likeness (QED) is 0.676. The van der Waals surface area contributed by atoms with Crippen LogP contribution in [0, 0.1) is 11.3 Å². The van der Waals surface area contributed by atoms with Gasteiger partial charge in [-0.3, -0.25) is 4.98 Å². The van der Waals surface area contributed by atoms with Gasteiger partial charge in [0.15, 0.2) is 0 Å². The molecule has 0 aromatic carbocycles. The molecular formula is C14H21N. The predicted molar refractivity (Wildman–Crippen MR) is 63.9 cm³/mol. The van der Waals surface area contributed by atoms with E-state index in [-0.39, 0.29) is 0 Å². The van der Waals surface area contributed by atoms with Crippen molar-refractivity contribution in [1.82, 2.24) is 4.98 Å². The highest BCUT2D eigenvalue weighted by Gasteiger charge is 2.38. The highest BCUT2D eigenvalue weighted by atomic mass is 14.6. The fraction of sp³-hybridized carbons (Fsp3) is 0.643. The number of pyridine rings is 1. The van der Waals surface area contributed by atoms with E-state index in [1.165, 1.54) is 24.0 Å². The van der Waals surface area contributed by atoms with E-state index in [0.29, 0.717) is 11.3 Å². The summed E-state index contributed by atoms with van der Waals surface area (Å²) in [6.07, 6.45) is 6.48. The fourth-order valence-corrected chi connectivity index (χ4v) is 2.97. The zero-order chi connectivity index (χ0) is 11.1. The number of hydrogen-bond acceptors (Lipinski definition) is 1. The molecule has 15 heavy (non-hydrogen) atoms. The third-order valence-corrected chi connectivity index (χ3v) is 3.82. The van der Waals surface area contributed by atoms with E-state index >= 15 is 0 Å². The molecule has 0 amide bonds. The standard InChI is InChI=1S/C14H21N/c1-5-11-12-9-15-7-6-10(12)8-13(11)14(2,3)4/h6-7,9,11,13H,5,8H2,1-4H3. The zero-order valence-electron chi connectivity index (χ0n) is 10.2. The lowest BCUT2D eigenvalue weighted by molar-refractivity contribution is 0.211. The normalized spacial score (nSPS) is 25.3. The first kappa shape index (κ1) is 10.7. The van der Waals surface area contributed by atoms with Crippen molar-refractivity contribution in [2.24, 2.45) is 11.3 Å². The summed E-state index contributed by atoms with van der Waals surface area (Å²) in [5.74, 6) is 1.50. The van der Waals surface area contributed by atoms with Crippen molar-refractivity contribution in [1.29, 1.82) is 0 Å². The number of fused-ring (bicyclic) bond motifs is 1. The van der Waals surface area contributed by atoms with Gasteiger partial charge in [-0.1, -0.05) is 27.7 Å². The van der Waals surface area contributed by atoms with Crippen molar-refractivity contribution in [2.75, 3.05) is 0 Å². The third-order valence-electron chi connectivity index (χ3n) is 3.82. The Balaban J connectivity index is 2.37. The molecule has 82 valence electrons. The SMILES string of the molecule is CCC1c2cnccc2CC1C(C)(C)C. The summed E-state index contributed by atoms with van der Waals surface area (Å²) in [6.45, 7) is 9.38. The largest absolute Gasteiger partial charge is 0.264 e. The predicted octanol–water partition coefficient (Wildman–Crippen LogP) is 3.79. The molecule has 1 aromatic heterocycles. The van der Waals surface area contributed by atoms with Crippen molar-refractivity contribution >= 4 is 0 Å². The average Bonchev–Trinajstić information content (AvgIpc) is 2.55. The second-order valence-corrected chi connectivity index (χ2v) is 5.77. The van der Waals surface area contributed by atoms with Crippen LogP contribution in [0.15, 0.2) is 18.5 Å². The molecule has 0 radical (unpaired) electrons. The van der Waals surface area contributed by atoms with Gasteiger partial charge in [0.1, 0.15) is 0 Å². The minimum Gasteiger partial charge on any atom is -0.264 e. The molecule has 0 aliphatic heterocycles. The molecule has 0 fully saturated rings. The lowest BCUT2D eigenvalue weighted by Crippen LogP contribution is -2.24. The van der Waals surface area contributed by atoms with Gasteiger partial charge in [0.2, 0.25) is 0 Å². The van der Waals surface area contributed by atoms with Gasteiger partial charge in [0, 0.05) is 12.4 Å². The van der Waals surface area contributed by atoms with Crippen molar-refractivity contribution in [3.8, 4) is 0 Å². The summed E-state index contributed by atoms with van der Waals surface area (Å²) in [4.78, 5) is 4.27. The van der Waals surface area contributed by atoms with Crippen LogP contribution in [0.3, 0.4) is 0 Å². The Labute approximate surface area is 92.9 Å². The van der Waals surface area contributed by atoms with Crippen LogP contribution in [0.25, 0.3) is 0 Å². The molecule has 0 spiro atoms. The summed E-state index contributed by atoms with van der Waals surface area (Å²) >= 11 is 0. The Hall–Kier alpha value is -0.850. The maximum atomic E-state index is 4.27. The minimum atomic E-state index is 0.402. The van der Waals surface area contributed by atoms with Gasteiger partial charge >= 0.3 is 0 Å². The van der Waals surface area contributed by atoms with Crippen LogP contribution in [0.1, 0.15) is 51.2 Å². The molecule has 1 aliphatic rings. The van der Waals surface area contributed by atoms with E-state index in [1.54, 1.807) is 0 Å². The molecule has 0 N–H and O–H groups in total. The molecule has 0 bridgehead atoms. The Bertz CT molecular complexity index is 349. The first-order chi connectivity index (χ1) is 7.04. The van der Waals surface area contributed by atoms with Gasteiger partial charge in [-0.15, -0.1) is 0 Å². The average molecular weight is 203 g/mol. The zero-order valence-corrected chi connectivity index (χ0v) is 10.2. The first-order valence-corrected chi connectivity index (χ1v) is 5.96. The van der Waals surface area contributed by atoms with Gasteiger partial charge in [-0.2, -0.15) is 0 Å². The molecule has 2 atom stereocenters. The van der Waals surface area contributed by atoms with Crippen molar-refractivity contribution in [3.63, 3.8) is 0 Å². The Kier molecular flexibility index (Phi) is 2.57. The summed E-state index contributed by atoms with van der Waals surface area (Å²) in [5, 5.41) is 0. The van der Waals surface area contributed by atoms with Crippen LogP contribution in [-0.2, 0) is 6.42 Å². The van der Waals surface area contributed by atoms with Crippen LogP contribution < -0.4 is 0 Å². The molecule has 1 heteroatoms. The summed E-state index contributed by atoms with van der Waals surface area (Å²) < 4.78 is 0. The Morgan fingerprint density at radius 3 is 2.73 bits per heavy atom. The highest BCUT2D eigenvalue weighted by Crippen LogP contribution is 2.47. The number of nitrogens with zero attached hydrogens (tertiary/aromatic N) is 1. The molecular weight excluding hydrogens is 182 g/mol. The third kappa shape index (κ3) is 1.80. The van der Waals surface area contributed by atoms with E-state index in [9.17, 15) is 0 Å². The van der Waals surface area contributed by atoms with Gasteiger partial charge in [-0.05, 0) is 47.3 Å². The minimum absolute atomic E-state index is 0.402. The summed E-state index contributed by atoms with van der Waals surface area (Å²) in [7, 11) is 0. The topological polar surface area (TPSA) is 12.9 Å². The first-order valence-electron chi connectivity index (χ1n) is 5.96. The van der Waals surface area contributed by atoms with E-state index in [4.69, 9.17) is 0 Å². The van der Waals surface area contributed by atoms with Crippen LogP contribution in [0.4, 0.5) is 0 Å². The molecule has 1 nitrogen and oxygen atoms in total. The van der Waals surface area contributed by atoms with E-state index < -0.39 is 0 Å². The maximum Gasteiger partial charge on any atom is 0.0305 e. The van der Waals surface area contributed by atoms with Gasteiger partial charge in [0.05, 0.1) is 0 Å². The second-order valence-electron chi connectivity index (χ2n) is 5.77. The van der Waals surface area contributed by atoms with Crippen molar-refractivity contribution in [3.05, 3.63) is 29.6 Å². The molecule has 0 saturated carbocycles. The smallest absolute Gasteiger partial charge is 0.0305 e. The van der Waals surface area contributed by atoms with Crippen LogP contribution in [0.5, 0.6) is 0 Å². The maximum absolute atomic E-state index is 4.27. The van der Waals surface area contributed by atoms with Crippen LogP contribution in [0.2, 0.25) is 0 Å². The number of aromatic nitrogens is 1. The molecule has 2 unspecified atom stereocenters. The number of hydrogen-bond donors (Lipinski definition) is 0. The number of rotatable bonds is 1. The van der Waals surface area contributed by atoms with E-state index in [2.05, 4.69) is 44.9 Å². The molecule has 1 heterocycles. The lowest BCUT2D eigenvalue weighted by atomic mass is 9.73. The summed E-state index contributed by atoms with van der Waals surface area (Å²) in [6, 6.07) is 2.20. The summed E-state index contributed by atoms with van der Waals surface area (Å²) in [5.41, 5.74) is 3.43. The van der Waals surface area contributed by atoms with Gasteiger partial charge < -0.3 is 0 Å². The molecule has 0 saturated heterocycles. The van der Waals surface area contributed by atoms with E-state index in [1.807, 2.05) is 6.20 Å². The van der Waals surface area contributed by atoms with Crippen LogP contribution >= 0.6 is 0 Å². The van der Waals surface area contributed by atoms with Crippen molar-refractivity contribution < 1.29 is 0 Å². The van der Waals surface area contributed by atoms with Gasteiger partial charge in [-0.25, -0.2) is 0 Å². The van der Waals surface area contributed by atoms with Crippen molar-refractivity contribution in [2.45, 2.75) is 46.5 Å². The van der Waals surface area contributed by atoms with Gasteiger partial charge in [0.25, 0.3) is 0 Å². The Morgan fingerprint density at radius 2 is 2.13 bits per heavy atom. The monoisotopic (exact) mass is 203 g/mol.